The first kappa shape index (κ1) is 25.8. The highest BCUT2D eigenvalue weighted by Gasteiger charge is 2.39. The highest BCUT2D eigenvalue weighted by atomic mass is 16.5. The standard InChI is InChI=1S/C28H35N3O5/c1-35-25-11-10-20(16-26(25)36-22-6-2-3-7-22)28(19-29)12-14-31(15-13-28)21(18-32)17-30-27(34)23-8-4-5-9-24(23)33/h4-5,8-11,16,21-22,32-33H,2-3,6-7,12-15,17-18H2,1H3,(H,30,34). The zero-order valence-corrected chi connectivity index (χ0v) is 20.8. The Bertz CT molecular complexity index is 1080. The van der Waals surface area contributed by atoms with Crippen LogP contribution in [0.15, 0.2) is 42.5 Å². The molecule has 36 heavy (non-hydrogen) atoms. The second-order valence-corrected chi connectivity index (χ2v) is 9.68. The topological polar surface area (TPSA) is 115 Å². The Morgan fingerprint density at radius 3 is 2.56 bits per heavy atom. The van der Waals surface area contributed by atoms with Gasteiger partial charge in [-0.3, -0.25) is 9.69 Å². The van der Waals surface area contributed by atoms with Gasteiger partial charge in [-0.2, -0.15) is 5.26 Å². The molecule has 0 radical (unpaired) electrons. The van der Waals surface area contributed by atoms with Crippen LogP contribution in [0.3, 0.4) is 0 Å². The van der Waals surface area contributed by atoms with Crippen LogP contribution in [0.25, 0.3) is 0 Å². The molecule has 1 atom stereocenters. The van der Waals surface area contributed by atoms with Crippen molar-refractivity contribution in [2.75, 3.05) is 33.4 Å². The molecular weight excluding hydrogens is 458 g/mol. The van der Waals surface area contributed by atoms with Crippen molar-refractivity contribution in [3.05, 3.63) is 53.6 Å². The lowest BCUT2D eigenvalue weighted by Gasteiger charge is -2.41. The zero-order chi connectivity index (χ0) is 25.5. The summed E-state index contributed by atoms with van der Waals surface area (Å²) in [7, 11) is 1.63. The molecule has 2 aliphatic rings. The number of rotatable bonds is 9. The molecular formula is C28H35N3O5. The van der Waals surface area contributed by atoms with Crippen LogP contribution in [-0.2, 0) is 5.41 Å². The van der Waals surface area contributed by atoms with Crippen LogP contribution >= 0.6 is 0 Å². The number of aliphatic hydroxyl groups is 1. The molecule has 1 amide bonds. The van der Waals surface area contributed by atoms with Gasteiger partial charge in [0.25, 0.3) is 5.91 Å². The van der Waals surface area contributed by atoms with Gasteiger partial charge in [-0.15, -0.1) is 0 Å². The Labute approximate surface area is 212 Å². The number of methoxy groups -OCH3 is 1. The number of nitrogens with one attached hydrogen (secondary N) is 1. The first-order valence-corrected chi connectivity index (χ1v) is 12.7. The number of benzene rings is 2. The largest absolute Gasteiger partial charge is 0.507 e. The fourth-order valence-electron chi connectivity index (χ4n) is 5.27. The van der Waals surface area contributed by atoms with Crippen molar-refractivity contribution in [3.63, 3.8) is 0 Å². The van der Waals surface area contributed by atoms with E-state index in [1.165, 1.54) is 18.9 Å². The Kier molecular flexibility index (Phi) is 8.34. The predicted octanol–water partition coefficient (Wildman–Crippen LogP) is 3.37. The Morgan fingerprint density at radius 1 is 1.19 bits per heavy atom. The first-order chi connectivity index (χ1) is 17.5. The van der Waals surface area contributed by atoms with Crippen molar-refractivity contribution < 1.29 is 24.5 Å². The number of hydrogen-bond donors (Lipinski definition) is 3. The number of phenols is 1. The number of nitrogens with zero attached hydrogens (tertiary/aromatic N) is 2. The lowest BCUT2D eigenvalue weighted by atomic mass is 9.73. The third-order valence-corrected chi connectivity index (χ3v) is 7.55. The minimum atomic E-state index is -0.657. The average molecular weight is 494 g/mol. The maximum absolute atomic E-state index is 12.5. The van der Waals surface area contributed by atoms with Gasteiger partial charge in [-0.1, -0.05) is 18.2 Å². The third-order valence-electron chi connectivity index (χ3n) is 7.55. The van der Waals surface area contributed by atoms with Gasteiger partial charge >= 0.3 is 0 Å². The van der Waals surface area contributed by atoms with E-state index in [1.54, 1.807) is 25.3 Å². The molecule has 8 nitrogen and oxygen atoms in total. The van der Waals surface area contributed by atoms with Crippen LogP contribution in [0.1, 0.15) is 54.4 Å². The van der Waals surface area contributed by atoms with Crippen molar-refractivity contribution >= 4 is 5.91 Å². The Balaban J connectivity index is 1.41. The van der Waals surface area contributed by atoms with E-state index in [0.717, 1.165) is 18.4 Å². The number of likely N-dealkylation sites (tertiary alicyclic amines) is 1. The zero-order valence-electron chi connectivity index (χ0n) is 20.8. The highest BCUT2D eigenvalue weighted by Crippen LogP contribution is 2.40. The predicted molar refractivity (Wildman–Crippen MR) is 135 cm³/mol. The minimum absolute atomic E-state index is 0.0805. The number of ether oxygens (including phenoxy) is 2. The molecule has 2 fully saturated rings. The van der Waals surface area contributed by atoms with Gasteiger partial charge in [-0.25, -0.2) is 0 Å². The molecule has 1 aliphatic heterocycles. The molecule has 8 heteroatoms. The molecule has 2 aromatic rings. The molecule has 4 rings (SSSR count). The van der Waals surface area contributed by atoms with Crippen molar-refractivity contribution in [1.82, 2.24) is 10.2 Å². The number of carbonyl (C=O) groups excluding carboxylic acids is 1. The normalized spacial score (nSPS) is 18.8. The lowest BCUT2D eigenvalue weighted by molar-refractivity contribution is 0.0780. The van der Waals surface area contributed by atoms with Gasteiger partial charge in [0.15, 0.2) is 11.5 Å². The van der Waals surface area contributed by atoms with Gasteiger partial charge < -0.3 is 25.0 Å². The van der Waals surface area contributed by atoms with Gasteiger partial charge in [0.05, 0.1) is 42.9 Å². The number of amides is 1. The number of aromatic hydroxyl groups is 1. The number of phenolic OH excluding ortho intramolecular Hbond substituents is 1. The van der Waals surface area contributed by atoms with E-state index in [9.17, 15) is 20.3 Å². The summed E-state index contributed by atoms with van der Waals surface area (Å²) in [5.41, 5.74) is 0.466. The van der Waals surface area contributed by atoms with E-state index < -0.39 is 5.41 Å². The maximum Gasteiger partial charge on any atom is 0.255 e. The summed E-state index contributed by atoms with van der Waals surface area (Å²) in [6, 6.07) is 14.5. The summed E-state index contributed by atoms with van der Waals surface area (Å²) in [4.78, 5) is 14.6. The lowest BCUT2D eigenvalue weighted by Crippen LogP contribution is -2.51. The molecule has 0 spiro atoms. The van der Waals surface area contributed by atoms with E-state index in [2.05, 4.69) is 16.3 Å². The van der Waals surface area contributed by atoms with Crippen molar-refractivity contribution in [2.24, 2.45) is 0 Å². The van der Waals surface area contributed by atoms with Crippen LogP contribution in [0.4, 0.5) is 0 Å². The summed E-state index contributed by atoms with van der Waals surface area (Å²) >= 11 is 0. The number of nitriles is 1. The van der Waals surface area contributed by atoms with E-state index in [1.807, 2.05) is 18.2 Å². The van der Waals surface area contributed by atoms with Crippen LogP contribution < -0.4 is 14.8 Å². The summed E-state index contributed by atoms with van der Waals surface area (Å²) in [5, 5.41) is 33.0. The summed E-state index contributed by atoms with van der Waals surface area (Å²) in [6.45, 7) is 1.33. The molecule has 1 saturated heterocycles. The second-order valence-electron chi connectivity index (χ2n) is 9.68. The van der Waals surface area contributed by atoms with Gasteiger partial charge in [0.1, 0.15) is 5.75 Å². The van der Waals surface area contributed by atoms with E-state index in [-0.39, 0.29) is 42.5 Å². The van der Waals surface area contributed by atoms with Crippen LogP contribution in [0, 0.1) is 11.3 Å². The van der Waals surface area contributed by atoms with E-state index in [0.29, 0.717) is 37.4 Å². The Morgan fingerprint density at radius 2 is 1.92 bits per heavy atom. The fraction of sp³-hybridized carbons (Fsp3) is 0.500. The summed E-state index contributed by atoms with van der Waals surface area (Å²) in [6.07, 6.45) is 5.80. The van der Waals surface area contributed by atoms with Crippen LogP contribution in [-0.4, -0.2) is 66.5 Å². The number of aliphatic hydroxyl groups excluding tert-OH is 1. The van der Waals surface area contributed by atoms with Gasteiger partial charge in [0.2, 0.25) is 0 Å². The Hall–Kier alpha value is -3.28. The molecule has 1 aliphatic carbocycles. The van der Waals surface area contributed by atoms with E-state index >= 15 is 0 Å². The van der Waals surface area contributed by atoms with Gasteiger partial charge in [0, 0.05) is 19.6 Å². The maximum atomic E-state index is 12.5. The van der Waals surface area contributed by atoms with E-state index in [4.69, 9.17) is 9.47 Å². The van der Waals surface area contributed by atoms with Crippen molar-refractivity contribution in [1.29, 1.82) is 5.26 Å². The monoisotopic (exact) mass is 493 g/mol. The van der Waals surface area contributed by atoms with Crippen molar-refractivity contribution in [2.45, 2.75) is 56.1 Å². The minimum Gasteiger partial charge on any atom is -0.507 e. The molecule has 0 aromatic heterocycles. The third kappa shape index (κ3) is 5.58. The van der Waals surface area contributed by atoms with Crippen LogP contribution in [0.5, 0.6) is 17.2 Å². The molecule has 192 valence electrons. The average Bonchev–Trinajstić information content (AvgIpc) is 3.42. The molecule has 1 heterocycles. The highest BCUT2D eigenvalue weighted by molar-refractivity contribution is 5.96. The summed E-state index contributed by atoms with van der Waals surface area (Å²) in [5.74, 6) is 0.904. The number of piperidine rings is 1. The summed E-state index contributed by atoms with van der Waals surface area (Å²) < 4.78 is 11.8. The SMILES string of the molecule is COc1ccc(C2(C#N)CCN(C(CO)CNC(=O)c3ccccc3O)CC2)cc1OC1CCCC1. The number of hydrogen-bond acceptors (Lipinski definition) is 7. The molecule has 0 bridgehead atoms. The van der Waals surface area contributed by atoms with Crippen molar-refractivity contribution in [3.8, 4) is 23.3 Å². The van der Waals surface area contributed by atoms with Crippen LogP contribution in [0.2, 0.25) is 0 Å². The molecule has 3 N–H and O–H groups in total. The first-order valence-electron chi connectivity index (χ1n) is 12.7. The fourth-order valence-corrected chi connectivity index (χ4v) is 5.27. The number of para-hydroxylation sites is 1. The smallest absolute Gasteiger partial charge is 0.255 e. The quantitative estimate of drug-likeness (QED) is 0.491. The molecule has 2 aromatic carbocycles. The second kappa shape index (κ2) is 11.6. The number of carbonyl (C=O) groups is 1. The van der Waals surface area contributed by atoms with Gasteiger partial charge in [-0.05, 0) is 68.4 Å². The molecule has 1 saturated carbocycles. The molecule has 1 unspecified atom stereocenters.